The summed E-state index contributed by atoms with van der Waals surface area (Å²) in [6.45, 7) is 0. The van der Waals surface area contributed by atoms with Gasteiger partial charge < -0.3 is 10.3 Å². The molecule has 4 aromatic rings. The number of hydrogen-bond acceptors (Lipinski definition) is 3. The van der Waals surface area contributed by atoms with Gasteiger partial charge in [-0.3, -0.25) is 4.79 Å². The molecule has 0 saturated heterocycles. The molecule has 1 atom stereocenters. The number of thiophene rings is 1. The predicted octanol–water partition coefficient (Wildman–Crippen LogP) is 5.62. The first-order valence-electron chi connectivity index (χ1n) is 9.20. The van der Waals surface area contributed by atoms with Gasteiger partial charge >= 0.3 is 0 Å². The van der Waals surface area contributed by atoms with Gasteiger partial charge in [-0.05, 0) is 64.2 Å². The van der Waals surface area contributed by atoms with Crippen molar-refractivity contribution >= 4 is 44.2 Å². The standard InChI is InChI=1S/C22H20BrN3OS/c23-20-12-10-17(28-20)7-4-8-21(27)26-22(15-5-2-1-3-6-15)16-9-11-18-19(13-16)25-14-24-18/h1-3,5-6,9-14,22H,4,7-8H2,(H,24,25)(H,26,27). The van der Waals surface area contributed by atoms with E-state index >= 15 is 0 Å². The minimum atomic E-state index is -0.183. The van der Waals surface area contributed by atoms with E-state index in [1.54, 1.807) is 17.7 Å². The highest BCUT2D eigenvalue weighted by Crippen LogP contribution is 2.26. The summed E-state index contributed by atoms with van der Waals surface area (Å²) in [6, 6.07) is 20.1. The molecule has 0 fully saturated rings. The molecule has 2 aromatic carbocycles. The summed E-state index contributed by atoms with van der Waals surface area (Å²) in [6.07, 6.45) is 3.94. The lowest BCUT2D eigenvalue weighted by molar-refractivity contribution is -0.121. The van der Waals surface area contributed by atoms with E-state index in [0.29, 0.717) is 6.42 Å². The second-order valence-electron chi connectivity index (χ2n) is 6.65. The third kappa shape index (κ3) is 4.51. The van der Waals surface area contributed by atoms with Crippen LogP contribution in [0.25, 0.3) is 11.0 Å². The van der Waals surface area contributed by atoms with Gasteiger partial charge in [0.25, 0.3) is 0 Å². The van der Waals surface area contributed by atoms with E-state index in [1.807, 2.05) is 42.5 Å². The Morgan fingerprint density at radius 3 is 2.75 bits per heavy atom. The van der Waals surface area contributed by atoms with Crippen molar-refractivity contribution in [3.05, 3.63) is 86.8 Å². The molecule has 4 nitrogen and oxygen atoms in total. The van der Waals surface area contributed by atoms with E-state index in [4.69, 9.17) is 0 Å². The number of nitrogens with zero attached hydrogens (tertiary/aromatic N) is 1. The molecule has 0 bridgehead atoms. The van der Waals surface area contributed by atoms with Crippen LogP contribution in [-0.4, -0.2) is 15.9 Å². The number of aromatic amines is 1. The second-order valence-corrected chi connectivity index (χ2v) is 9.20. The Labute approximate surface area is 176 Å². The van der Waals surface area contributed by atoms with Gasteiger partial charge in [-0.1, -0.05) is 36.4 Å². The number of carbonyl (C=O) groups excluding carboxylic acids is 1. The highest BCUT2D eigenvalue weighted by Gasteiger charge is 2.17. The molecule has 2 heterocycles. The number of nitrogens with one attached hydrogen (secondary N) is 2. The molecule has 2 aromatic heterocycles. The third-order valence-electron chi connectivity index (χ3n) is 4.67. The Morgan fingerprint density at radius 2 is 1.96 bits per heavy atom. The molecule has 4 rings (SSSR count). The van der Waals surface area contributed by atoms with Gasteiger partial charge in [0.2, 0.25) is 5.91 Å². The number of carbonyl (C=O) groups is 1. The fraction of sp³-hybridized carbons (Fsp3) is 0.182. The van der Waals surface area contributed by atoms with Crippen LogP contribution < -0.4 is 5.32 Å². The van der Waals surface area contributed by atoms with Crippen molar-refractivity contribution in [2.45, 2.75) is 25.3 Å². The van der Waals surface area contributed by atoms with E-state index in [1.165, 1.54) is 4.88 Å². The minimum absolute atomic E-state index is 0.0641. The number of halogens is 1. The van der Waals surface area contributed by atoms with Gasteiger partial charge in [0.05, 0.1) is 27.2 Å². The monoisotopic (exact) mass is 453 g/mol. The Balaban J connectivity index is 1.48. The van der Waals surface area contributed by atoms with Crippen LogP contribution in [0.15, 0.2) is 70.8 Å². The number of amides is 1. The molecular formula is C22H20BrN3OS. The SMILES string of the molecule is O=C(CCCc1ccc(Br)s1)NC(c1ccccc1)c1ccc2nc[nH]c2c1. The Kier molecular flexibility index (Phi) is 5.88. The Morgan fingerprint density at radius 1 is 1.11 bits per heavy atom. The van der Waals surface area contributed by atoms with Crippen LogP contribution in [0.4, 0.5) is 0 Å². The smallest absolute Gasteiger partial charge is 0.220 e. The number of hydrogen-bond donors (Lipinski definition) is 2. The van der Waals surface area contributed by atoms with E-state index in [-0.39, 0.29) is 11.9 Å². The van der Waals surface area contributed by atoms with Gasteiger partial charge in [-0.25, -0.2) is 4.98 Å². The molecule has 0 aliphatic carbocycles. The van der Waals surface area contributed by atoms with E-state index in [9.17, 15) is 4.79 Å². The van der Waals surface area contributed by atoms with Gasteiger partial charge in [0, 0.05) is 11.3 Å². The van der Waals surface area contributed by atoms with Gasteiger partial charge in [-0.15, -0.1) is 11.3 Å². The predicted molar refractivity (Wildman–Crippen MR) is 117 cm³/mol. The van der Waals surface area contributed by atoms with Crippen LogP contribution in [-0.2, 0) is 11.2 Å². The number of imidazole rings is 1. The summed E-state index contributed by atoms with van der Waals surface area (Å²) in [7, 11) is 0. The molecule has 0 aliphatic rings. The zero-order valence-corrected chi connectivity index (χ0v) is 17.6. The van der Waals surface area contributed by atoms with Crippen molar-refractivity contribution in [2.75, 3.05) is 0 Å². The topological polar surface area (TPSA) is 57.8 Å². The molecule has 2 N–H and O–H groups in total. The number of aromatic nitrogens is 2. The first-order valence-corrected chi connectivity index (χ1v) is 10.8. The zero-order chi connectivity index (χ0) is 19.3. The van der Waals surface area contributed by atoms with Crippen molar-refractivity contribution < 1.29 is 4.79 Å². The summed E-state index contributed by atoms with van der Waals surface area (Å²) in [5.41, 5.74) is 4.00. The fourth-order valence-electron chi connectivity index (χ4n) is 3.28. The number of benzene rings is 2. The lowest BCUT2D eigenvalue weighted by Crippen LogP contribution is -2.29. The highest BCUT2D eigenvalue weighted by atomic mass is 79.9. The van der Waals surface area contributed by atoms with Crippen LogP contribution in [0, 0.1) is 0 Å². The molecule has 1 amide bonds. The molecule has 0 saturated carbocycles. The molecule has 0 radical (unpaired) electrons. The lowest BCUT2D eigenvalue weighted by atomic mass is 9.98. The van der Waals surface area contributed by atoms with Crippen molar-refractivity contribution in [2.24, 2.45) is 0 Å². The maximum atomic E-state index is 12.7. The normalized spacial score (nSPS) is 12.2. The van der Waals surface area contributed by atoms with Crippen LogP contribution in [0.1, 0.15) is 34.9 Å². The molecule has 0 spiro atoms. The van der Waals surface area contributed by atoms with Crippen LogP contribution in [0.3, 0.4) is 0 Å². The van der Waals surface area contributed by atoms with Crippen LogP contribution in [0.5, 0.6) is 0 Å². The maximum absolute atomic E-state index is 12.7. The van der Waals surface area contributed by atoms with Gasteiger partial charge in [-0.2, -0.15) is 0 Å². The summed E-state index contributed by atoms with van der Waals surface area (Å²) in [5.74, 6) is 0.0641. The molecule has 142 valence electrons. The van der Waals surface area contributed by atoms with E-state index < -0.39 is 0 Å². The van der Waals surface area contributed by atoms with Gasteiger partial charge in [0.1, 0.15) is 0 Å². The fourth-order valence-corrected chi connectivity index (χ4v) is 4.80. The van der Waals surface area contributed by atoms with Crippen molar-refractivity contribution in [1.82, 2.24) is 15.3 Å². The maximum Gasteiger partial charge on any atom is 0.220 e. The van der Waals surface area contributed by atoms with Crippen molar-refractivity contribution in [1.29, 1.82) is 0 Å². The number of aryl methyl sites for hydroxylation is 1. The van der Waals surface area contributed by atoms with Crippen LogP contribution in [0.2, 0.25) is 0 Å². The number of fused-ring (bicyclic) bond motifs is 1. The summed E-state index contributed by atoms with van der Waals surface area (Å²) in [4.78, 5) is 21.4. The highest BCUT2D eigenvalue weighted by molar-refractivity contribution is 9.11. The largest absolute Gasteiger partial charge is 0.345 e. The van der Waals surface area contributed by atoms with E-state index in [2.05, 4.69) is 49.4 Å². The second kappa shape index (κ2) is 8.71. The Hall–Kier alpha value is -2.44. The Bertz CT molecular complexity index is 1070. The average molecular weight is 454 g/mol. The molecule has 6 heteroatoms. The summed E-state index contributed by atoms with van der Waals surface area (Å²) in [5, 5.41) is 3.22. The first kappa shape index (κ1) is 18.9. The summed E-state index contributed by atoms with van der Waals surface area (Å²) >= 11 is 5.21. The molecule has 28 heavy (non-hydrogen) atoms. The first-order chi connectivity index (χ1) is 13.7. The molecule has 0 aliphatic heterocycles. The van der Waals surface area contributed by atoms with Crippen molar-refractivity contribution in [3.8, 4) is 0 Å². The number of H-pyrrole nitrogens is 1. The summed E-state index contributed by atoms with van der Waals surface area (Å²) < 4.78 is 1.13. The zero-order valence-electron chi connectivity index (χ0n) is 15.2. The van der Waals surface area contributed by atoms with Crippen molar-refractivity contribution in [3.63, 3.8) is 0 Å². The molecule has 1 unspecified atom stereocenters. The number of rotatable bonds is 7. The quantitative estimate of drug-likeness (QED) is 0.381. The van der Waals surface area contributed by atoms with E-state index in [0.717, 1.165) is 38.8 Å². The minimum Gasteiger partial charge on any atom is -0.345 e. The lowest BCUT2D eigenvalue weighted by Gasteiger charge is -2.20. The van der Waals surface area contributed by atoms with Crippen LogP contribution >= 0.6 is 27.3 Å². The average Bonchev–Trinajstić information content (AvgIpc) is 3.35. The third-order valence-corrected chi connectivity index (χ3v) is 6.36. The van der Waals surface area contributed by atoms with Gasteiger partial charge in [0.15, 0.2) is 0 Å². The molecular weight excluding hydrogens is 434 g/mol.